The van der Waals surface area contributed by atoms with Crippen LogP contribution in [0.15, 0.2) is 24.3 Å². The Labute approximate surface area is 143 Å². The number of carbonyl (C=O) groups excluding carboxylic acids is 2. The first kappa shape index (κ1) is 16.6. The van der Waals surface area contributed by atoms with E-state index in [1.165, 1.54) is 12.8 Å². The van der Waals surface area contributed by atoms with E-state index >= 15 is 0 Å². The van der Waals surface area contributed by atoms with Crippen LogP contribution < -0.4 is 16.0 Å². The van der Waals surface area contributed by atoms with Gasteiger partial charge in [-0.05, 0) is 42.7 Å². The summed E-state index contributed by atoms with van der Waals surface area (Å²) >= 11 is 0. The van der Waals surface area contributed by atoms with Gasteiger partial charge in [0.05, 0.1) is 0 Å². The summed E-state index contributed by atoms with van der Waals surface area (Å²) in [5.74, 6) is 0.679. The summed E-state index contributed by atoms with van der Waals surface area (Å²) < 4.78 is 0. The van der Waals surface area contributed by atoms with Gasteiger partial charge in [0.1, 0.15) is 0 Å². The first-order valence-electron chi connectivity index (χ1n) is 8.83. The van der Waals surface area contributed by atoms with E-state index in [0.29, 0.717) is 19.0 Å². The van der Waals surface area contributed by atoms with Crippen LogP contribution in [0.4, 0.5) is 9.59 Å². The first-order chi connectivity index (χ1) is 11.7. The van der Waals surface area contributed by atoms with Gasteiger partial charge in [0.2, 0.25) is 0 Å². The summed E-state index contributed by atoms with van der Waals surface area (Å²) in [6, 6.07) is 7.83. The Balaban J connectivity index is 1.41. The van der Waals surface area contributed by atoms with Crippen LogP contribution in [0, 0.1) is 5.92 Å². The molecule has 24 heavy (non-hydrogen) atoms. The van der Waals surface area contributed by atoms with Crippen molar-refractivity contribution in [2.75, 3.05) is 19.6 Å². The number of hydrogen-bond acceptors (Lipinski definition) is 2. The lowest BCUT2D eigenvalue weighted by Gasteiger charge is -2.16. The van der Waals surface area contributed by atoms with E-state index in [4.69, 9.17) is 0 Å². The predicted octanol–water partition coefficient (Wildman–Crippen LogP) is 2.20. The Bertz CT molecular complexity index is 580. The normalized spacial score (nSPS) is 16.8. The third-order valence-electron chi connectivity index (χ3n) is 4.53. The van der Waals surface area contributed by atoms with Gasteiger partial charge in [-0.1, -0.05) is 24.3 Å². The number of benzene rings is 1. The van der Waals surface area contributed by atoms with Crippen LogP contribution in [-0.4, -0.2) is 36.6 Å². The predicted molar refractivity (Wildman–Crippen MR) is 92.4 cm³/mol. The molecule has 1 saturated heterocycles. The molecule has 0 bridgehead atoms. The maximum absolute atomic E-state index is 12.0. The van der Waals surface area contributed by atoms with E-state index in [1.54, 1.807) is 0 Å². The summed E-state index contributed by atoms with van der Waals surface area (Å²) in [5.41, 5.74) is 2.07. The van der Waals surface area contributed by atoms with E-state index in [2.05, 4.69) is 16.0 Å². The van der Waals surface area contributed by atoms with Crippen molar-refractivity contribution >= 4 is 12.1 Å². The quantitative estimate of drug-likeness (QED) is 0.748. The van der Waals surface area contributed by atoms with Gasteiger partial charge in [-0.15, -0.1) is 0 Å². The van der Waals surface area contributed by atoms with Crippen molar-refractivity contribution in [3.8, 4) is 0 Å². The lowest BCUT2D eigenvalue weighted by Crippen LogP contribution is -2.37. The molecule has 1 aliphatic carbocycles. The first-order valence-corrected chi connectivity index (χ1v) is 8.83. The van der Waals surface area contributed by atoms with Crippen molar-refractivity contribution in [2.24, 2.45) is 5.92 Å². The molecule has 6 nitrogen and oxygen atoms in total. The van der Waals surface area contributed by atoms with Gasteiger partial charge in [-0.25, -0.2) is 9.59 Å². The Morgan fingerprint density at radius 3 is 2.33 bits per heavy atom. The van der Waals surface area contributed by atoms with Crippen LogP contribution in [0.25, 0.3) is 0 Å². The van der Waals surface area contributed by atoms with Gasteiger partial charge < -0.3 is 20.9 Å². The third kappa shape index (κ3) is 5.15. The molecule has 0 atom stereocenters. The van der Waals surface area contributed by atoms with Crippen LogP contribution in [-0.2, 0) is 13.1 Å². The van der Waals surface area contributed by atoms with E-state index in [0.717, 1.165) is 43.6 Å². The average Bonchev–Trinajstić information content (AvgIpc) is 3.27. The zero-order valence-corrected chi connectivity index (χ0v) is 14.0. The van der Waals surface area contributed by atoms with Crippen molar-refractivity contribution in [1.29, 1.82) is 0 Å². The molecule has 4 amide bonds. The third-order valence-corrected chi connectivity index (χ3v) is 4.53. The van der Waals surface area contributed by atoms with E-state index < -0.39 is 0 Å². The van der Waals surface area contributed by atoms with Crippen LogP contribution >= 0.6 is 0 Å². The second-order valence-corrected chi connectivity index (χ2v) is 6.68. The largest absolute Gasteiger partial charge is 0.338 e. The lowest BCUT2D eigenvalue weighted by atomic mass is 10.1. The van der Waals surface area contributed by atoms with Crippen LogP contribution in [0.5, 0.6) is 0 Å². The highest BCUT2D eigenvalue weighted by Crippen LogP contribution is 2.27. The minimum absolute atomic E-state index is 0.00971. The molecule has 2 aliphatic rings. The fraction of sp³-hybridized carbons (Fsp3) is 0.556. The second kappa shape index (κ2) is 8.04. The van der Waals surface area contributed by atoms with Crippen molar-refractivity contribution < 1.29 is 9.59 Å². The van der Waals surface area contributed by atoms with Crippen molar-refractivity contribution in [1.82, 2.24) is 20.9 Å². The minimum Gasteiger partial charge on any atom is -0.338 e. The van der Waals surface area contributed by atoms with Gasteiger partial charge in [0.15, 0.2) is 0 Å². The molecule has 0 unspecified atom stereocenters. The maximum Gasteiger partial charge on any atom is 0.317 e. The van der Waals surface area contributed by atoms with Crippen LogP contribution in [0.2, 0.25) is 0 Å². The summed E-state index contributed by atoms with van der Waals surface area (Å²) in [5, 5.41) is 8.72. The van der Waals surface area contributed by atoms with E-state index in [-0.39, 0.29) is 12.1 Å². The molecule has 0 spiro atoms. The second-order valence-electron chi connectivity index (χ2n) is 6.68. The number of likely N-dealkylation sites (tertiary alicyclic amines) is 1. The number of nitrogens with zero attached hydrogens (tertiary/aromatic N) is 1. The zero-order valence-electron chi connectivity index (χ0n) is 14.0. The molecule has 3 N–H and O–H groups in total. The molecule has 3 rings (SSSR count). The molecule has 1 aromatic carbocycles. The van der Waals surface area contributed by atoms with Gasteiger partial charge in [-0.2, -0.15) is 0 Å². The lowest BCUT2D eigenvalue weighted by molar-refractivity contribution is 0.208. The standard InChI is InChI=1S/C18H26N4O2/c23-17(19-11-14-6-7-14)20-12-15-4-3-5-16(10-15)13-21-18(24)22-8-1-2-9-22/h3-5,10,14H,1-2,6-9,11-13H2,(H,21,24)(H2,19,20,23). The van der Waals surface area contributed by atoms with Crippen LogP contribution in [0.1, 0.15) is 36.8 Å². The fourth-order valence-electron chi connectivity index (χ4n) is 2.86. The van der Waals surface area contributed by atoms with Gasteiger partial charge >= 0.3 is 12.1 Å². The number of rotatable bonds is 6. The molecule has 1 aromatic rings. The molecule has 0 aromatic heterocycles. The number of urea groups is 2. The van der Waals surface area contributed by atoms with Gasteiger partial charge in [0, 0.05) is 32.7 Å². The van der Waals surface area contributed by atoms with Crippen molar-refractivity contribution in [2.45, 2.75) is 38.8 Å². The van der Waals surface area contributed by atoms with E-state index in [9.17, 15) is 9.59 Å². The summed E-state index contributed by atoms with van der Waals surface area (Å²) in [4.78, 5) is 25.6. The van der Waals surface area contributed by atoms with Gasteiger partial charge in [0.25, 0.3) is 0 Å². The number of carbonyl (C=O) groups is 2. The monoisotopic (exact) mass is 330 g/mol. The zero-order chi connectivity index (χ0) is 16.8. The SMILES string of the molecule is O=C(NCc1cccc(CNC(=O)N2CCCC2)c1)NCC1CC1. The topological polar surface area (TPSA) is 73.5 Å². The molecule has 0 radical (unpaired) electrons. The van der Waals surface area contributed by atoms with Crippen molar-refractivity contribution in [3.63, 3.8) is 0 Å². The minimum atomic E-state index is -0.116. The highest BCUT2D eigenvalue weighted by Gasteiger charge is 2.21. The molecule has 1 heterocycles. The summed E-state index contributed by atoms with van der Waals surface area (Å²) in [6.45, 7) is 3.48. The molecule has 2 fully saturated rings. The van der Waals surface area contributed by atoms with Gasteiger partial charge in [-0.3, -0.25) is 0 Å². The highest BCUT2D eigenvalue weighted by atomic mass is 16.2. The fourth-order valence-corrected chi connectivity index (χ4v) is 2.86. The Morgan fingerprint density at radius 2 is 1.67 bits per heavy atom. The van der Waals surface area contributed by atoms with Crippen LogP contribution in [0.3, 0.4) is 0 Å². The number of hydrogen-bond donors (Lipinski definition) is 3. The van der Waals surface area contributed by atoms with E-state index in [1.807, 2.05) is 29.2 Å². The Morgan fingerprint density at radius 1 is 1.00 bits per heavy atom. The molecular formula is C18H26N4O2. The number of nitrogens with one attached hydrogen (secondary N) is 3. The summed E-state index contributed by atoms with van der Waals surface area (Å²) in [7, 11) is 0. The smallest absolute Gasteiger partial charge is 0.317 e. The maximum atomic E-state index is 12.0. The summed E-state index contributed by atoms with van der Waals surface area (Å²) in [6.07, 6.45) is 4.64. The highest BCUT2D eigenvalue weighted by molar-refractivity contribution is 5.74. The number of amides is 4. The molecule has 1 aliphatic heterocycles. The molecule has 1 saturated carbocycles. The average molecular weight is 330 g/mol. The molecule has 6 heteroatoms. The van der Waals surface area contributed by atoms with Crippen molar-refractivity contribution in [3.05, 3.63) is 35.4 Å². The Hall–Kier alpha value is -2.24. The molecule has 130 valence electrons. The molecular weight excluding hydrogens is 304 g/mol. The Kier molecular flexibility index (Phi) is 5.56.